The highest BCUT2D eigenvalue weighted by Crippen LogP contribution is 2.30. The third kappa shape index (κ3) is 3.28. The molecule has 21 heavy (non-hydrogen) atoms. The molecule has 1 amide bonds. The van der Waals surface area contributed by atoms with E-state index in [0.29, 0.717) is 26.3 Å². The van der Waals surface area contributed by atoms with Crippen molar-refractivity contribution in [2.24, 2.45) is 5.73 Å². The summed E-state index contributed by atoms with van der Waals surface area (Å²) in [5, 5.41) is 2.89. The Bertz CT molecular complexity index is 520. The first-order valence-electron chi connectivity index (χ1n) is 7.28. The molecule has 0 saturated carbocycles. The lowest BCUT2D eigenvalue weighted by molar-refractivity contribution is -0.132. The minimum atomic E-state index is -0.379. The standard InChI is InChI=1S/C15H20N2O4/c16-8-11-2-4-13(21-11)15(18)17-9-10-1-3-12-14(7-10)20-6-5-19-12/h1,3,7,11,13H,2,4-6,8-9,16H2,(H,17,18)/t11-,13+/m1/s1. The van der Waals surface area contributed by atoms with Crippen LogP contribution in [0.1, 0.15) is 18.4 Å². The van der Waals surface area contributed by atoms with Crippen LogP contribution in [0.15, 0.2) is 18.2 Å². The molecule has 0 aromatic heterocycles. The van der Waals surface area contributed by atoms with E-state index < -0.39 is 0 Å². The van der Waals surface area contributed by atoms with E-state index in [4.69, 9.17) is 19.9 Å². The Hall–Kier alpha value is -1.79. The smallest absolute Gasteiger partial charge is 0.249 e. The summed E-state index contributed by atoms with van der Waals surface area (Å²) >= 11 is 0. The second kappa shape index (κ2) is 6.32. The molecule has 2 heterocycles. The Labute approximate surface area is 123 Å². The van der Waals surface area contributed by atoms with Crippen LogP contribution in [0.4, 0.5) is 0 Å². The molecule has 2 aliphatic heterocycles. The first-order valence-corrected chi connectivity index (χ1v) is 7.28. The van der Waals surface area contributed by atoms with Crippen LogP contribution in [0.3, 0.4) is 0 Å². The summed E-state index contributed by atoms with van der Waals surface area (Å²) in [6.45, 7) is 2.04. The Morgan fingerprint density at radius 1 is 1.24 bits per heavy atom. The molecule has 0 aliphatic carbocycles. The van der Waals surface area contributed by atoms with Gasteiger partial charge in [-0.25, -0.2) is 0 Å². The third-order valence-corrected chi connectivity index (χ3v) is 3.74. The Balaban J connectivity index is 1.54. The molecule has 0 unspecified atom stereocenters. The van der Waals surface area contributed by atoms with E-state index in [0.717, 1.165) is 29.9 Å². The van der Waals surface area contributed by atoms with Gasteiger partial charge in [-0.3, -0.25) is 4.79 Å². The zero-order valence-corrected chi connectivity index (χ0v) is 11.8. The number of amides is 1. The van der Waals surface area contributed by atoms with Crippen molar-refractivity contribution in [3.05, 3.63) is 23.8 Å². The van der Waals surface area contributed by atoms with Gasteiger partial charge in [-0.15, -0.1) is 0 Å². The third-order valence-electron chi connectivity index (χ3n) is 3.74. The molecular formula is C15H20N2O4. The highest BCUT2D eigenvalue weighted by molar-refractivity contribution is 5.81. The van der Waals surface area contributed by atoms with Crippen molar-refractivity contribution in [3.63, 3.8) is 0 Å². The average molecular weight is 292 g/mol. The van der Waals surface area contributed by atoms with Gasteiger partial charge in [0.1, 0.15) is 19.3 Å². The second-order valence-corrected chi connectivity index (χ2v) is 5.26. The quantitative estimate of drug-likeness (QED) is 0.848. The highest BCUT2D eigenvalue weighted by Gasteiger charge is 2.29. The van der Waals surface area contributed by atoms with Crippen LogP contribution in [0, 0.1) is 0 Å². The maximum absolute atomic E-state index is 12.0. The molecule has 1 saturated heterocycles. The SMILES string of the molecule is NC[C@H]1CC[C@@H](C(=O)NCc2ccc3c(c2)OCCO3)O1. The van der Waals surface area contributed by atoms with Gasteiger partial charge in [-0.2, -0.15) is 0 Å². The van der Waals surface area contributed by atoms with E-state index in [1.807, 2.05) is 18.2 Å². The molecule has 6 heteroatoms. The molecule has 0 radical (unpaired) electrons. The molecule has 1 aromatic carbocycles. The predicted molar refractivity (Wildman–Crippen MR) is 76.2 cm³/mol. The van der Waals surface area contributed by atoms with E-state index in [2.05, 4.69) is 5.32 Å². The van der Waals surface area contributed by atoms with Gasteiger partial charge in [-0.1, -0.05) is 6.07 Å². The summed E-state index contributed by atoms with van der Waals surface area (Å²) in [6.07, 6.45) is 1.21. The molecule has 6 nitrogen and oxygen atoms in total. The van der Waals surface area contributed by atoms with Crippen molar-refractivity contribution in [2.45, 2.75) is 31.6 Å². The van der Waals surface area contributed by atoms with Gasteiger partial charge in [0, 0.05) is 13.1 Å². The Kier molecular flexibility index (Phi) is 4.26. The maximum Gasteiger partial charge on any atom is 0.249 e. The van der Waals surface area contributed by atoms with Gasteiger partial charge in [0.25, 0.3) is 0 Å². The van der Waals surface area contributed by atoms with E-state index in [1.165, 1.54) is 0 Å². The largest absolute Gasteiger partial charge is 0.486 e. The maximum atomic E-state index is 12.0. The highest BCUT2D eigenvalue weighted by atomic mass is 16.6. The monoisotopic (exact) mass is 292 g/mol. The fraction of sp³-hybridized carbons (Fsp3) is 0.533. The van der Waals surface area contributed by atoms with Crippen molar-refractivity contribution in [2.75, 3.05) is 19.8 Å². The van der Waals surface area contributed by atoms with Gasteiger partial charge < -0.3 is 25.3 Å². The fourth-order valence-electron chi connectivity index (χ4n) is 2.57. The molecule has 2 aliphatic rings. The molecule has 0 bridgehead atoms. The first-order chi connectivity index (χ1) is 10.3. The number of rotatable bonds is 4. The summed E-state index contributed by atoms with van der Waals surface area (Å²) in [6, 6.07) is 5.69. The van der Waals surface area contributed by atoms with Gasteiger partial charge in [0.2, 0.25) is 5.91 Å². The number of nitrogens with two attached hydrogens (primary N) is 1. The summed E-state index contributed by atoms with van der Waals surface area (Å²) in [5.74, 6) is 1.40. The van der Waals surface area contributed by atoms with Crippen LogP contribution in [0.5, 0.6) is 11.5 Å². The first kappa shape index (κ1) is 14.2. The summed E-state index contributed by atoms with van der Waals surface area (Å²) in [4.78, 5) is 12.0. The summed E-state index contributed by atoms with van der Waals surface area (Å²) in [7, 11) is 0. The molecule has 3 rings (SSSR count). The van der Waals surface area contributed by atoms with Crippen molar-refractivity contribution in [1.82, 2.24) is 5.32 Å². The zero-order chi connectivity index (χ0) is 14.7. The summed E-state index contributed by atoms with van der Waals surface area (Å²) < 4.78 is 16.6. The predicted octanol–water partition coefficient (Wildman–Crippen LogP) is 0.580. The van der Waals surface area contributed by atoms with Crippen LogP contribution in [-0.2, 0) is 16.1 Å². The molecule has 3 N–H and O–H groups in total. The van der Waals surface area contributed by atoms with Crippen LogP contribution >= 0.6 is 0 Å². The van der Waals surface area contributed by atoms with Crippen LogP contribution < -0.4 is 20.5 Å². The van der Waals surface area contributed by atoms with Crippen molar-refractivity contribution in [3.8, 4) is 11.5 Å². The zero-order valence-electron chi connectivity index (χ0n) is 11.8. The lowest BCUT2D eigenvalue weighted by Gasteiger charge is -2.19. The van der Waals surface area contributed by atoms with Gasteiger partial charge in [0.05, 0.1) is 6.10 Å². The number of hydrogen-bond acceptors (Lipinski definition) is 5. The minimum absolute atomic E-state index is 0.00930. The normalized spacial score (nSPS) is 23.9. The minimum Gasteiger partial charge on any atom is -0.486 e. The van der Waals surface area contributed by atoms with Crippen LogP contribution in [0.25, 0.3) is 0 Å². The molecule has 0 spiro atoms. The number of carbonyl (C=O) groups excluding carboxylic acids is 1. The van der Waals surface area contributed by atoms with E-state index in [1.54, 1.807) is 0 Å². The number of hydrogen-bond donors (Lipinski definition) is 2. The Morgan fingerprint density at radius 2 is 2.05 bits per heavy atom. The molecule has 2 atom stereocenters. The van der Waals surface area contributed by atoms with Gasteiger partial charge in [0.15, 0.2) is 11.5 Å². The summed E-state index contributed by atoms with van der Waals surface area (Å²) in [5.41, 5.74) is 6.52. The number of fused-ring (bicyclic) bond motifs is 1. The number of benzene rings is 1. The molecule has 1 aromatic rings. The Morgan fingerprint density at radius 3 is 2.81 bits per heavy atom. The van der Waals surface area contributed by atoms with Gasteiger partial charge in [-0.05, 0) is 30.5 Å². The molecule has 1 fully saturated rings. The second-order valence-electron chi connectivity index (χ2n) is 5.26. The average Bonchev–Trinajstić information content (AvgIpc) is 3.01. The van der Waals surface area contributed by atoms with Crippen molar-refractivity contribution >= 4 is 5.91 Å². The topological polar surface area (TPSA) is 82.8 Å². The molecule has 114 valence electrons. The fourth-order valence-corrected chi connectivity index (χ4v) is 2.57. The number of carbonyl (C=O) groups is 1. The van der Waals surface area contributed by atoms with Crippen molar-refractivity contribution < 1.29 is 19.0 Å². The molecular weight excluding hydrogens is 272 g/mol. The lowest BCUT2D eigenvalue weighted by Crippen LogP contribution is -2.35. The van der Waals surface area contributed by atoms with E-state index in [9.17, 15) is 4.79 Å². The van der Waals surface area contributed by atoms with E-state index >= 15 is 0 Å². The van der Waals surface area contributed by atoms with Crippen LogP contribution in [0.2, 0.25) is 0 Å². The van der Waals surface area contributed by atoms with Crippen LogP contribution in [-0.4, -0.2) is 37.9 Å². The lowest BCUT2D eigenvalue weighted by atomic mass is 10.1. The number of nitrogens with one attached hydrogen (secondary N) is 1. The number of ether oxygens (including phenoxy) is 3. The van der Waals surface area contributed by atoms with Gasteiger partial charge >= 0.3 is 0 Å². The van der Waals surface area contributed by atoms with E-state index in [-0.39, 0.29) is 18.1 Å². The van der Waals surface area contributed by atoms with Crippen molar-refractivity contribution in [1.29, 1.82) is 0 Å².